The molecule has 0 aliphatic heterocycles. The quantitative estimate of drug-likeness (QED) is 0.887. The van der Waals surface area contributed by atoms with Gasteiger partial charge in [0.25, 0.3) is 0 Å². The van der Waals surface area contributed by atoms with E-state index >= 15 is 0 Å². The molecule has 0 aromatic heterocycles. The van der Waals surface area contributed by atoms with Crippen LogP contribution >= 0.6 is 0 Å². The zero-order valence-electron chi connectivity index (χ0n) is 9.71. The predicted octanol–water partition coefficient (Wildman–Crippen LogP) is 2.92. The van der Waals surface area contributed by atoms with Crippen molar-refractivity contribution in [1.29, 1.82) is 0 Å². The van der Waals surface area contributed by atoms with E-state index < -0.39 is 18.9 Å². The minimum absolute atomic E-state index is 0.357. The molecule has 0 fully saturated rings. The Labute approximate surface area is 98.0 Å². The Bertz CT molecular complexity index is 375. The first kappa shape index (κ1) is 14.0. The molecule has 0 saturated heterocycles. The predicted molar refractivity (Wildman–Crippen MR) is 57.7 cm³/mol. The second-order valence-electron chi connectivity index (χ2n) is 4.01. The van der Waals surface area contributed by atoms with Crippen molar-refractivity contribution in [2.24, 2.45) is 0 Å². The molecule has 0 saturated carbocycles. The van der Waals surface area contributed by atoms with Crippen LogP contribution in [-0.2, 0) is 4.74 Å². The summed E-state index contributed by atoms with van der Waals surface area (Å²) in [7, 11) is 0. The second kappa shape index (κ2) is 5.51. The van der Waals surface area contributed by atoms with Crippen molar-refractivity contribution >= 4 is 0 Å². The zero-order valence-corrected chi connectivity index (χ0v) is 9.71. The molecule has 17 heavy (non-hydrogen) atoms. The Hall–Kier alpha value is -1.07. The highest BCUT2D eigenvalue weighted by Gasteiger charge is 2.28. The number of rotatable bonds is 4. The summed E-state index contributed by atoms with van der Waals surface area (Å²) in [5.41, 5.74) is 2.38. The number of aryl methyl sites for hydroxylation is 2. The van der Waals surface area contributed by atoms with Gasteiger partial charge >= 0.3 is 6.18 Å². The number of aliphatic hydroxyl groups excluding tert-OH is 1. The van der Waals surface area contributed by atoms with E-state index in [2.05, 4.69) is 4.74 Å². The molecule has 0 heterocycles. The van der Waals surface area contributed by atoms with E-state index in [1.807, 2.05) is 19.1 Å². The van der Waals surface area contributed by atoms with Crippen LogP contribution < -0.4 is 0 Å². The largest absolute Gasteiger partial charge is 0.411 e. The van der Waals surface area contributed by atoms with Crippen LogP contribution in [0.15, 0.2) is 18.2 Å². The Balaban J connectivity index is 2.58. The highest BCUT2D eigenvalue weighted by atomic mass is 19.4. The molecule has 0 spiro atoms. The van der Waals surface area contributed by atoms with Gasteiger partial charge in [0.15, 0.2) is 0 Å². The van der Waals surface area contributed by atoms with E-state index in [0.29, 0.717) is 5.56 Å². The maximum atomic E-state index is 11.8. The van der Waals surface area contributed by atoms with Crippen LogP contribution in [0.25, 0.3) is 0 Å². The van der Waals surface area contributed by atoms with Crippen molar-refractivity contribution in [3.05, 3.63) is 34.9 Å². The summed E-state index contributed by atoms with van der Waals surface area (Å²) in [6.07, 6.45) is -5.39. The first-order valence-electron chi connectivity index (χ1n) is 5.19. The summed E-state index contributed by atoms with van der Waals surface area (Å²) >= 11 is 0. The second-order valence-corrected chi connectivity index (χ2v) is 4.01. The molecule has 2 nitrogen and oxygen atoms in total. The SMILES string of the molecule is Cc1ccc(C)c(C(O)COCC(F)(F)F)c1. The number of hydrogen-bond acceptors (Lipinski definition) is 2. The molecule has 1 N–H and O–H groups in total. The lowest BCUT2D eigenvalue weighted by Gasteiger charge is -2.15. The summed E-state index contributed by atoms with van der Waals surface area (Å²) in [4.78, 5) is 0. The molecule has 0 radical (unpaired) electrons. The summed E-state index contributed by atoms with van der Waals surface area (Å²) < 4.78 is 40.0. The first-order chi connectivity index (χ1) is 7.79. The van der Waals surface area contributed by atoms with Crippen LogP contribution in [0.3, 0.4) is 0 Å². The van der Waals surface area contributed by atoms with Gasteiger partial charge in [-0.15, -0.1) is 0 Å². The van der Waals surface area contributed by atoms with Crippen molar-refractivity contribution in [3.8, 4) is 0 Å². The van der Waals surface area contributed by atoms with Crippen molar-refractivity contribution < 1.29 is 23.0 Å². The monoisotopic (exact) mass is 248 g/mol. The van der Waals surface area contributed by atoms with Crippen molar-refractivity contribution in [2.75, 3.05) is 13.2 Å². The minimum Gasteiger partial charge on any atom is -0.386 e. The molecule has 1 atom stereocenters. The lowest BCUT2D eigenvalue weighted by Crippen LogP contribution is -2.20. The Morgan fingerprint density at radius 1 is 1.29 bits per heavy atom. The standard InChI is InChI=1S/C12H15F3O2/c1-8-3-4-9(2)10(5-8)11(16)6-17-7-12(13,14)15/h3-5,11,16H,6-7H2,1-2H3. The molecular weight excluding hydrogens is 233 g/mol. The number of ether oxygens (including phenoxy) is 1. The molecule has 1 aromatic carbocycles. The van der Waals surface area contributed by atoms with E-state index in [4.69, 9.17) is 0 Å². The van der Waals surface area contributed by atoms with Gasteiger partial charge in [0.05, 0.1) is 6.61 Å². The number of aliphatic hydroxyl groups is 1. The Morgan fingerprint density at radius 3 is 2.53 bits per heavy atom. The van der Waals surface area contributed by atoms with Gasteiger partial charge in [0.2, 0.25) is 0 Å². The van der Waals surface area contributed by atoms with E-state index in [9.17, 15) is 18.3 Å². The Morgan fingerprint density at radius 2 is 1.94 bits per heavy atom. The van der Waals surface area contributed by atoms with Crippen molar-refractivity contribution in [2.45, 2.75) is 26.1 Å². The van der Waals surface area contributed by atoms with Crippen LogP contribution in [0.5, 0.6) is 0 Å². The highest BCUT2D eigenvalue weighted by molar-refractivity contribution is 5.32. The fourth-order valence-electron chi connectivity index (χ4n) is 1.49. The molecular formula is C12H15F3O2. The van der Waals surface area contributed by atoms with E-state index in [0.717, 1.165) is 11.1 Å². The lowest BCUT2D eigenvalue weighted by molar-refractivity contribution is -0.179. The van der Waals surface area contributed by atoms with Crippen LogP contribution in [0.4, 0.5) is 13.2 Å². The minimum atomic E-state index is -4.36. The average molecular weight is 248 g/mol. The maximum Gasteiger partial charge on any atom is 0.411 e. The molecule has 0 bridgehead atoms. The van der Waals surface area contributed by atoms with Gasteiger partial charge in [-0.3, -0.25) is 0 Å². The summed E-state index contributed by atoms with van der Waals surface area (Å²) in [5.74, 6) is 0. The molecule has 1 unspecified atom stereocenters. The van der Waals surface area contributed by atoms with Crippen molar-refractivity contribution in [1.82, 2.24) is 0 Å². The summed E-state index contributed by atoms with van der Waals surface area (Å²) in [6.45, 7) is 1.95. The van der Waals surface area contributed by atoms with Crippen molar-refractivity contribution in [3.63, 3.8) is 0 Å². The van der Waals surface area contributed by atoms with Gasteiger partial charge in [-0.2, -0.15) is 13.2 Å². The molecule has 1 rings (SSSR count). The lowest BCUT2D eigenvalue weighted by atomic mass is 10.0. The van der Waals surface area contributed by atoms with Gasteiger partial charge in [-0.1, -0.05) is 23.8 Å². The number of halogens is 3. The molecule has 0 aliphatic rings. The topological polar surface area (TPSA) is 29.5 Å². The van der Waals surface area contributed by atoms with Gasteiger partial charge < -0.3 is 9.84 Å². The highest BCUT2D eigenvalue weighted by Crippen LogP contribution is 2.21. The average Bonchev–Trinajstić information content (AvgIpc) is 2.19. The molecule has 1 aromatic rings. The third-order valence-electron chi connectivity index (χ3n) is 2.34. The van der Waals surface area contributed by atoms with Crippen LogP contribution in [0, 0.1) is 13.8 Å². The van der Waals surface area contributed by atoms with Gasteiger partial charge in [0.1, 0.15) is 12.7 Å². The fourth-order valence-corrected chi connectivity index (χ4v) is 1.49. The summed E-state index contributed by atoms with van der Waals surface area (Å²) in [6, 6.07) is 5.44. The van der Waals surface area contributed by atoms with Gasteiger partial charge in [-0.25, -0.2) is 0 Å². The van der Waals surface area contributed by atoms with E-state index in [1.165, 1.54) is 0 Å². The third kappa shape index (κ3) is 4.75. The molecule has 5 heteroatoms. The van der Waals surface area contributed by atoms with Gasteiger partial charge in [-0.05, 0) is 25.0 Å². The molecule has 96 valence electrons. The Kier molecular flexibility index (Phi) is 4.54. The van der Waals surface area contributed by atoms with E-state index in [1.54, 1.807) is 13.0 Å². The molecule has 0 aliphatic carbocycles. The van der Waals surface area contributed by atoms with E-state index in [-0.39, 0.29) is 6.61 Å². The van der Waals surface area contributed by atoms with Crippen LogP contribution in [0.2, 0.25) is 0 Å². The number of benzene rings is 1. The zero-order chi connectivity index (χ0) is 13.1. The maximum absolute atomic E-state index is 11.8. The summed E-state index contributed by atoms with van der Waals surface area (Å²) in [5, 5.41) is 9.73. The number of hydrogen-bond donors (Lipinski definition) is 1. The van der Waals surface area contributed by atoms with Gasteiger partial charge in [0, 0.05) is 0 Å². The third-order valence-corrected chi connectivity index (χ3v) is 2.34. The van der Waals surface area contributed by atoms with Crippen LogP contribution in [0.1, 0.15) is 22.8 Å². The smallest absolute Gasteiger partial charge is 0.386 e. The van der Waals surface area contributed by atoms with Crippen LogP contribution in [-0.4, -0.2) is 24.5 Å². The molecule has 0 amide bonds. The normalized spacial score (nSPS) is 13.8. The number of alkyl halides is 3. The first-order valence-corrected chi connectivity index (χ1v) is 5.19. The fraction of sp³-hybridized carbons (Fsp3) is 0.500.